The number of methoxy groups -OCH3 is 1. The van der Waals surface area contributed by atoms with E-state index in [2.05, 4.69) is 10.2 Å². The van der Waals surface area contributed by atoms with Gasteiger partial charge in [-0.2, -0.15) is 0 Å². The quantitative estimate of drug-likeness (QED) is 0.596. The van der Waals surface area contributed by atoms with Crippen LogP contribution in [0.4, 0.5) is 11.4 Å². The zero-order valence-corrected chi connectivity index (χ0v) is 18.1. The summed E-state index contributed by atoms with van der Waals surface area (Å²) < 4.78 is 16.1. The van der Waals surface area contributed by atoms with Gasteiger partial charge in [-0.15, -0.1) is 0 Å². The molecule has 0 aromatic heterocycles. The van der Waals surface area contributed by atoms with Crippen molar-refractivity contribution in [3.8, 4) is 11.5 Å². The van der Waals surface area contributed by atoms with Crippen LogP contribution in [0.3, 0.4) is 0 Å². The van der Waals surface area contributed by atoms with Crippen molar-refractivity contribution in [3.63, 3.8) is 0 Å². The van der Waals surface area contributed by atoms with E-state index in [1.165, 1.54) is 0 Å². The van der Waals surface area contributed by atoms with Gasteiger partial charge in [-0.3, -0.25) is 9.69 Å². The van der Waals surface area contributed by atoms with Gasteiger partial charge in [0.1, 0.15) is 24.2 Å². The average molecular weight is 430 g/mol. The molecule has 1 aliphatic rings. The molecule has 0 bridgehead atoms. The Morgan fingerprint density at radius 3 is 2.42 bits per heavy atom. The number of likely N-dealkylation sites (N-methyl/N-ethyl adjacent to an activating group) is 1. The Hall–Kier alpha value is -2.81. The highest BCUT2D eigenvalue weighted by atomic mass is 16.5. The molecule has 2 aromatic carbocycles. The molecule has 0 radical (unpaired) electrons. The van der Waals surface area contributed by atoms with E-state index in [0.717, 1.165) is 43.4 Å². The molecule has 0 aliphatic carbocycles. The van der Waals surface area contributed by atoms with Gasteiger partial charge in [-0.1, -0.05) is 0 Å². The fraction of sp³-hybridized carbons (Fsp3) is 0.435. The molecular weight excluding hydrogens is 398 g/mol. The summed E-state index contributed by atoms with van der Waals surface area (Å²) in [7, 11) is 3.39. The number of hydrogen-bond donors (Lipinski definition) is 2. The van der Waals surface area contributed by atoms with E-state index >= 15 is 0 Å². The van der Waals surface area contributed by atoms with Gasteiger partial charge >= 0.3 is 0 Å². The predicted octanol–water partition coefficient (Wildman–Crippen LogP) is 1.84. The molecule has 1 aliphatic heterocycles. The molecule has 2 N–H and O–H groups in total. The van der Waals surface area contributed by atoms with Crippen molar-refractivity contribution >= 4 is 17.3 Å². The Morgan fingerprint density at radius 2 is 1.77 bits per heavy atom. The van der Waals surface area contributed by atoms with Crippen LogP contribution in [0, 0.1) is 0 Å². The number of hydrogen-bond acceptors (Lipinski definition) is 7. The number of ether oxygens (including phenoxy) is 3. The fourth-order valence-corrected chi connectivity index (χ4v) is 3.36. The number of amides is 1. The number of nitrogens with one attached hydrogen (secondary N) is 1. The molecule has 1 fully saturated rings. The lowest BCUT2D eigenvalue weighted by molar-refractivity contribution is -0.117. The first-order valence-electron chi connectivity index (χ1n) is 10.4. The van der Waals surface area contributed by atoms with Crippen LogP contribution in [0.2, 0.25) is 0 Å². The summed E-state index contributed by atoms with van der Waals surface area (Å²) in [5.74, 6) is 1.26. The largest absolute Gasteiger partial charge is 0.497 e. The van der Waals surface area contributed by atoms with Gasteiger partial charge in [0.2, 0.25) is 5.91 Å². The second-order valence-electron chi connectivity index (χ2n) is 7.53. The van der Waals surface area contributed by atoms with Crippen molar-refractivity contribution < 1.29 is 24.1 Å². The van der Waals surface area contributed by atoms with Gasteiger partial charge in [0.15, 0.2) is 0 Å². The fourth-order valence-electron chi connectivity index (χ4n) is 3.36. The van der Waals surface area contributed by atoms with Crippen molar-refractivity contribution in [3.05, 3.63) is 48.5 Å². The summed E-state index contributed by atoms with van der Waals surface area (Å²) in [6.07, 6.45) is -0.715. The van der Waals surface area contributed by atoms with Gasteiger partial charge in [-0.25, -0.2) is 0 Å². The maximum absolute atomic E-state index is 12.3. The summed E-state index contributed by atoms with van der Waals surface area (Å²) in [4.78, 5) is 16.4. The van der Waals surface area contributed by atoms with Crippen molar-refractivity contribution in [2.24, 2.45) is 0 Å². The van der Waals surface area contributed by atoms with Crippen molar-refractivity contribution in [2.75, 3.05) is 70.4 Å². The summed E-state index contributed by atoms with van der Waals surface area (Å²) in [6.45, 7) is 3.86. The highest BCUT2D eigenvalue weighted by molar-refractivity contribution is 5.92. The van der Waals surface area contributed by atoms with Crippen LogP contribution in [-0.2, 0) is 9.53 Å². The number of carbonyl (C=O) groups is 1. The van der Waals surface area contributed by atoms with E-state index in [9.17, 15) is 9.90 Å². The first kappa shape index (κ1) is 22.9. The number of benzene rings is 2. The molecule has 8 nitrogen and oxygen atoms in total. The van der Waals surface area contributed by atoms with Crippen LogP contribution in [-0.4, -0.2) is 82.2 Å². The number of nitrogens with zero attached hydrogens (tertiary/aromatic N) is 2. The van der Waals surface area contributed by atoms with Gasteiger partial charge in [0.05, 0.1) is 26.9 Å². The number of anilines is 2. The molecule has 0 spiro atoms. The summed E-state index contributed by atoms with van der Waals surface area (Å²) in [6, 6.07) is 15.0. The molecule has 1 unspecified atom stereocenters. The van der Waals surface area contributed by atoms with Crippen LogP contribution in [0.5, 0.6) is 11.5 Å². The van der Waals surface area contributed by atoms with Crippen LogP contribution in [0.15, 0.2) is 48.5 Å². The lowest BCUT2D eigenvalue weighted by atomic mass is 10.2. The highest BCUT2D eigenvalue weighted by Crippen LogP contribution is 2.19. The molecule has 0 saturated carbocycles. The van der Waals surface area contributed by atoms with Crippen molar-refractivity contribution in [1.82, 2.24) is 4.90 Å². The Labute approximate surface area is 183 Å². The third kappa shape index (κ3) is 7.43. The lowest BCUT2D eigenvalue weighted by Crippen LogP contribution is -2.37. The molecule has 2 aromatic rings. The predicted molar refractivity (Wildman–Crippen MR) is 120 cm³/mol. The second kappa shape index (κ2) is 11.5. The zero-order valence-electron chi connectivity index (χ0n) is 18.1. The maximum Gasteiger partial charge on any atom is 0.238 e. The summed E-state index contributed by atoms with van der Waals surface area (Å²) in [5.41, 5.74) is 1.87. The standard InChI is InChI=1S/C23H31N3O5/c1-25(15-20(27)17-31-22-9-7-21(29-2)8-10-22)16-23(28)24-18-3-5-19(6-4-18)26-11-13-30-14-12-26/h3-10,20,27H,11-17H2,1-2H3,(H,24,28). The molecular formula is C23H31N3O5. The molecule has 8 heteroatoms. The van der Waals surface area contributed by atoms with Gasteiger partial charge < -0.3 is 29.5 Å². The van der Waals surface area contributed by atoms with Crippen LogP contribution in [0.1, 0.15) is 0 Å². The summed E-state index contributed by atoms with van der Waals surface area (Å²) in [5, 5.41) is 13.1. The van der Waals surface area contributed by atoms with Gasteiger partial charge in [-0.05, 0) is 55.6 Å². The minimum Gasteiger partial charge on any atom is -0.497 e. The first-order valence-corrected chi connectivity index (χ1v) is 10.4. The molecule has 3 rings (SSSR count). The Kier molecular flexibility index (Phi) is 8.52. The Bertz CT molecular complexity index is 807. The molecule has 168 valence electrons. The Morgan fingerprint density at radius 1 is 1.13 bits per heavy atom. The minimum absolute atomic E-state index is 0.134. The first-order chi connectivity index (χ1) is 15.0. The number of morpholine rings is 1. The van der Waals surface area contributed by atoms with Crippen molar-refractivity contribution in [2.45, 2.75) is 6.10 Å². The van der Waals surface area contributed by atoms with Crippen LogP contribution in [0.25, 0.3) is 0 Å². The highest BCUT2D eigenvalue weighted by Gasteiger charge is 2.14. The number of aliphatic hydroxyl groups is 1. The Balaban J connectivity index is 1.38. The van der Waals surface area contributed by atoms with Crippen LogP contribution >= 0.6 is 0 Å². The lowest BCUT2D eigenvalue weighted by Gasteiger charge is -2.29. The normalized spacial score (nSPS) is 14.9. The van der Waals surface area contributed by atoms with Gasteiger partial charge in [0.25, 0.3) is 0 Å². The average Bonchev–Trinajstić information content (AvgIpc) is 2.79. The van der Waals surface area contributed by atoms with Gasteiger partial charge in [0, 0.05) is 31.0 Å². The maximum atomic E-state index is 12.3. The van der Waals surface area contributed by atoms with E-state index in [-0.39, 0.29) is 19.1 Å². The van der Waals surface area contributed by atoms with E-state index in [1.807, 2.05) is 24.3 Å². The summed E-state index contributed by atoms with van der Waals surface area (Å²) >= 11 is 0. The number of carbonyl (C=O) groups excluding carboxylic acids is 1. The third-order valence-corrected chi connectivity index (χ3v) is 4.97. The van der Waals surface area contributed by atoms with E-state index in [0.29, 0.717) is 12.3 Å². The molecule has 1 amide bonds. The number of rotatable bonds is 10. The minimum atomic E-state index is -0.715. The zero-order chi connectivity index (χ0) is 22.1. The second-order valence-corrected chi connectivity index (χ2v) is 7.53. The topological polar surface area (TPSA) is 83.5 Å². The van der Waals surface area contributed by atoms with E-state index < -0.39 is 6.10 Å². The SMILES string of the molecule is COc1ccc(OCC(O)CN(C)CC(=O)Nc2ccc(N3CCOCC3)cc2)cc1. The third-order valence-electron chi connectivity index (χ3n) is 4.97. The monoisotopic (exact) mass is 429 g/mol. The van der Waals surface area contributed by atoms with E-state index in [4.69, 9.17) is 14.2 Å². The van der Waals surface area contributed by atoms with E-state index in [1.54, 1.807) is 43.3 Å². The van der Waals surface area contributed by atoms with Crippen LogP contribution < -0.4 is 19.7 Å². The molecule has 1 heterocycles. The smallest absolute Gasteiger partial charge is 0.238 e. The molecule has 31 heavy (non-hydrogen) atoms. The van der Waals surface area contributed by atoms with Crippen molar-refractivity contribution in [1.29, 1.82) is 0 Å². The molecule has 1 saturated heterocycles. The molecule has 1 atom stereocenters. The number of aliphatic hydroxyl groups excluding tert-OH is 1.